The molecule has 11 heteroatoms. The van der Waals surface area contributed by atoms with E-state index < -0.39 is 10.0 Å². The summed E-state index contributed by atoms with van der Waals surface area (Å²) < 4.78 is 38.5. The lowest BCUT2D eigenvalue weighted by atomic mass is 10.0. The van der Waals surface area contributed by atoms with Crippen molar-refractivity contribution in [2.75, 3.05) is 10.0 Å². The van der Waals surface area contributed by atoms with E-state index in [9.17, 15) is 13.2 Å². The molecule has 0 radical (unpaired) electrons. The van der Waals surface area contributed by atoms with Gasteiger partial charge < -0.3 is 14.8 Å². The minimum Gasteiger partial charge on any atom is -0.326 e. The molecule has 2 N–H and O–H groups in total. The normalized spacial score (nSPS) is 19.0. The molecule has 1 atom stereocenters. The summed E-state index contributed by atoms with van der Waals surface area (Å²) in [5.41, 5.74) is 0.560. The number of unbranched alkanes of at least 4 members (excludes halogenated alkanes) is 4. The molecule has 0 spiro atoms. The van der Waals surface area contributed by atoms with E-state index >= 15 is 0 Å². The molecule has 1 amide bonds. The first-order valence-corrected chi connectivity index (χ1v) is 13.6. The lowest BCUT2D eigenvalue weighted by molar-refractivity contribution is -0.374. The van der Waals surface area contributed by atoms with Crippen LogP contribution in [0.25, 0.3) is 0 Å². The first-order chi connectivity index (χ1) is 15.8. The molecule has 1 aliphatic heterocycles. The number of hydrogen-bond donors (Lipinski definition) is 2. The van der Waals surface area contributed by atoms with Gasteiger partial charge in [0.25, 0.3) is 10.0 Å². The van der Waals surface area contributed by atoms with Crippen LogP contribution in [0.15, 0.2) is 29.2 Å². The molecule has 1 saturated heterocycles. The van der Waals surface area contributed by atoms with E-state index in [1.807, 2.05) is 6.92 Å². The van der Waals surface area contributed by atoms with Gasteiger partial charge >= 0.3 is 0 Å². The lowest BCUT2D eigenvalue weighted by Gasteiger charge is -2.32. The average molecular weight is 497 g/mol. The van der Waals surface area contributed by atoms with E-state index in [1.165, 1.54) is 31.4 Å². The van der Waals surface area contributed by atoms with Crippen LogP contribution in [0, 0.1) is 5.92 Å². The van der Waals surface area contributed by atoms with Gasteiger partial charge in [0, 0.05) is 11.6 Å². The number of amides is 1. The Kier molecular flexibility index (Phi) is 9.19. The van der Waals surface area contributed by atoms with Crippen molar-refractivity contribution in [3.8, 4) is 0 Å². The predicted molar refractivity (Wildman–Crippen MR) is 127 cm³/mol. The second kappa shape index (κ2) is 11.9. The summed E-state index contributed by atoms with van der Waals surface area (Å²) in [6.07, 6.45) is 6.46. The summed E-state index contributed by atoms with van der Waals surface area (Å²) in [5, 5.41) is 11.5. The number of sulfonamides is 1. The highest BCUT2D eigenvalue weighted by atomic mass is 32.2. The van der Waals surface area contributed by atoms with Crippen LogP contribution >= 0.6 is 11.3 Å². The lowest BCUT2D eigenvalue weighted by Crippen LogP contribution is -2.40. The smallest absolute Gasteiger partial charge is 0.263 e. The highest BCUT2D eigenvalue weighted by molar-refractivity contribution is 7.93. The number of anilines is 2. The van der Waals surface area contributed by atoms with E-state index in [-0.39, 0.29) is 34.4 Å². The van der Waals surface area contributed by atoms with Crippen molar-refractivity contribution < 1.29 is 22.7 Å². The third-order valence-electron chi connectivity index (χ3n) is 5.34. The largest absolute Gasteiger partial charge is 0.326 e. The van der Waals surface area contributed by atoms with Crippen molar-refractivity contribution in [2.24, 2.45) is 5.92 Å². The zero-order valence-corrected chi connectivity index (χ0v) is 20.9. The number of aromatic nitrogens is 2. The van der Waals surface area contributed by atoms with E-state index in [4.69, 9.17) is 9.47 Å². The zero-order valence-electron chi connectivity index (χ0n) is 19.2. The molecule has 182 valence electrons. The van der Waals surface area contributed by atoms with Gasteiger partial charge in [-0.1, -0.05) is 57.3 Å². The van der Waals surface area contributed by atoms with Crippen LogP contribution < -0.4 is 10.0 Å². The van der Waals surface area contributed by atoms with Crippen LogP contribution in [0.3, 0.4) is 0 Å². The Morgan fingerprint density at radius 2 is 1.82 bits per heavy atom. The number of nitrogens with zero attached hydrogens (tertiary/aromatic N) is 2. The van der Waals surface area contributed by atoms with E-state index in [1.54, 1.807) is 19.1 Å². The molecule has 9 nitrogen and oxygen atoms in total. The molecule has 0 aliphatic carbocycles. The minimum absolute atomic E-state index is 0.0607. The maximum absolute atomic E-state index is 12.7. The number of carbonyl (C=O) groups is 1. The van der Waals surface area contributed by atoms with Gasteiger partial charge in [-0.15, -0.1) is 10.2 Å². The maximum atomic E-state index is 12.7. The van der Waals surface area contributed by atoms with Crippen molar-refractivity contribution in [1.82, 2.24) is 10.2 Å². The Balaban J connectivity index is 1.49. The molecule has 1 unspecified atom stereocenters. The van der Waals surface area contributed by atoms with Crippen LogP contribution in [0.4, 0.5) is 10.8 Å². The molecule has 0 saturated carbocycles. The molecule has 1 aromatic carbocycles. The van der Waals surface area contributed by atoms with E-state index in [0.717, 1.165) is 30.6 Å². The van der Waals surface area contributed by atoms with E-state index in [2.05, 4.69) is 27.2 Å². The molecule has 2 heterocycles. The quantitative estimate of drug-likeness (QED) is 0.391. The standard InChI is InChI=1S/C22H32N4O5S2/c1-4-5-6-7-8-9-15(2)21(27)23-17-10-12-18(13-11-17)33(28,29)26-22-25-24-19(32-22)14-20-30-16(3)31-20/h10-13,15-16,20H,4-9,14H2,1-3H3,(H,23,27)(H,25,26). The van der Waals surface area contributed by atoms with Crippen LogP contribution in [0.5, 0.6) is 0 Å². The van der Waals surface area contributed by atoms with Crippen LogP contribution in [0.1, 0.15) is 64.3 Å². The van der Waals surface area contributed by atoms with Gasteiger partial charge in [0.2, 0.25) is 11.0 Å². The second-order valence-corrected chi connectivity index (χ2v) is 10.9. The minimum atomic E-state index is -3.83. The third kappa shape index (κ3) is 7.73. The highest BCUT2D eigenvalue weighted by Gasteiger charge is 2.28. The van der Waals surface area contributed by atoms with Crippen molar-refractivity contribution in [3.63, 3.8) is 0 Å². The fourth-order valence-corrected chi connectivity index (χ4v) is 5.38. The van der Waals surface area contributed by atoms with Gasteiger partial charge in [-0.05, 0) is 37.6 Å². The average Bonchev–Trinajstić information content (AvgIpc) is 3.18. The fourth-order valence-electron chi connectivity index (χ4n) is 3.40. The Morgan fingerprint density at radius 1 is 1.12 bits per heavy atom. The summed E-state index contributed by atoms with van der Waals surface area (Å²) in [5.74, 6) is -0.156. The summed E-state index contributed by atoms with van der Waals surface area (Å²) in [4.78, 5) is 12.5. The van der Waals surface area contributed by atoms with Gasteiger partial charge in [0.15, 0.2) is 12.6 Å². The summed E-state index contributed by atoms with van der Waals surface area (Å²) >= 11 is 1.13. The van der Waals surface area contributed by atoms with Gasteiger partial charge in [-0.2, -0.15) is 0 Å². The summed E-state index contributed by atoms with van der Waals surface area (Å²) in [6.45, 7) is 5.89. The number of rotatable bonds is 13. The SMILES string of the molecule is CCCCCCCC(C)C(=O)Nc1ccc(S(=O)(=O)Nc2nnc(CC3OC(C)O3)s2)cc1. The molecular weight excluding hydrogens is 464 g/mol. The number of benzene rings is 1. The maximum Gasteiger partial charge on any atom is 0.263 e. The summed E-state index contributed by atoms with van der Waals surface area (Å²) in [6, 6.07) is 6.07. The van der Waals surface area contributed by atoms with Gasteiger partial charge in [0.1, 0.15) is 5.01 Å². The van der Waals surface area contributed by atoms with Gasteiger partial charge in [0.05, 0.1) is 11.3 Å². The third-order valence-corrected chi connectivity index (χ3v) is 7.68. The Morgan fingerprint density at radius 3 is 2.48 bits per heavy atom. The monoisotopic (exact) mass is 496 g/mol. The van der Waals surface area contributed by atoms with Crippen molar-refractivity contribution in [2.45, 2.75) is 83.2 Å². The van der Waals surface area contributed by atoms with Gasteiger partial charge in [-0.25, -0.2) is 8.42 Å². The van der Waals surface area contributed by atoms with Crippen LogP contribution in [-0.4, -0.2) is 37.1 Å². The van der Waals surface area contributed by atoms with Crippen LogP contribution in [-0.2, 0) is 30.7 Å². The Hall–Kier alpha value is -2.08. The molecule has 2 aromatic rings. The molecule has 1 aliphatic rings. The predicted octanol–water partition coefficient (Wildman–Crippen LogP) is 4.54. The number of nitrogens with one attached hydrogen (secondary N) is 2. The van der Waals surface area contributed by atoms with E-state index in [0.29, 0.717) is 17.1 Å². The molecule has 1 fully saturated rings. The second-order valence-electron chi connectivity index (χ2n) is 8.20. The number of hydrogen-bond acceptors (Lipinski definition) is 8. The Bertz CT molecular complexity index is 1000. The topological polar surface area (TPSA) is 120 Å². The van der Waals surface area contributed by atoms with Crippen LogP contribution in [0.2, 0.25) is 0 Å². The van der Waals surface area contributed by atoms with Crippen molar-refractivity contribution in [1.29, 1.82) is 0 Å². The first-order valence-electron chi connectivity index (χ1n) is 11.3. The van der Waals surface area contributed by atoms with Crippen molar-refractivity contribution in [3.05, 3.63) is 29.3 Å². The highest BCUT2D eigenvalue weighted by Crippen LogP contribution is 2.25. The molecular formula is C22H32N4O5S2. The number of carbonyl (C=O) groups excluding carboxylic acids is 1. The first kappa shape index (κ1) is 25.5. The van der Waals surface area contributed by atoms with Gasteiger partial charge in [-0.3, -0.25) is 9.52 Å². The Labute approximate surface area is 199 Å². The fraction of sp³-hybridized carbons (Fsp3) is 0.591. The zero-order chi connectivity index (χ0) is 23.8. The molecule has 3 rings (SSSR count). The van der Waals surface area contributed by atoms with Crippen molar-refractivity contribution >= 4 is 38.1 Å². The molecule has 33 heavy (non-hydrogen) atoms. The summed E-state index contributed by atoms with van der Waals surface area (Å²) in [7, 11) is -3.83. The molecule has 1 aromatic heterocycles. The molecule has 0 bridgehead atoms. The number of ether oxygens (including phenoxy) is 2.